The van der Waals surface area contributed by atoms with Gasteiger partial charge in [0.05, 0.1) is 34.2 Å². The molecule has 0 amide bonds. The summed E-state index contributed by atoms with van der Waals surface area (Å²) in [4.78, 5) is 23.9. The third-order valence-corrected chi connectivity index (χ3v) is 5.08. The van der Waals surface area contributed by atoms with Gasteiger partial charge in [-0.15, -0.1) is 0 Å². The molecule has 1 N–H and O–H groups in total. The molecule has 26 heavy (non-hydrogen) atoms. The number of hydrogen-bond donors (Lipinski definition) is 1. The van der Waals surface area contributed by atoms with Gasteiger partial charge in [0.15, 0.2) is 5.25 Å². The van der Waals surface area contributed by atoms with E-state index in [2.05, 4.69) is 6.92 Å². The number of quaternary nitrogens is 1. The van der Waals surface area contributed by atoms with Gasteiger partial charge in [-0.3, -0.25) is 14.1 Å². The number of unbranched alkanes of at least 4 members (excludes halogenated alkanes) is 1. The molecule has 2 unspecified atom stereocenters. The number of nitrogens with zero attached hydrogens (tertiary/aromatic N) is 1. The van der Waals surface area contributed by atoms with Gasteiger partial charge in [-0.2, -0.15) is 8.42 Å². The van der Waals surface area contributed by atoms with E-state index in [1.807, 2.05) is 28.1 Å². The first-order valence-corrected chi connectivity index (χ1v) is 10.5. The molecule has 2 atom stereocenters. The van der Waals surface area contributed by atoms with Gasteiger partial charge in [0, 0.05) is 0 Å². The molecule has 0 rings (SSSR count). The molecule has 0 saturated heterocycles. The minimum Gasteiger partial charge on any atom is -0.464 e. The van der Waals surface area contributed by atoms with Crippen LogP contribution in [0.4, 0.5) is 0 Å². The first kappa shape index (κ1) is 24.8. The Morgan fingerprint density at radius 3 is 2.19 bits per heavy atom. The molecule has 0 aromatic rings. The molecule has 0 bridgehead atoms. The molecule has 0 aliphatic rings. The highest BCUT2D eigenvalue weighted by atomic mass is 32.2. The Kier molecular flexibility index (Phi) is 11.0. The first-order chi connectivity index (χ1) is 11.9. The largest absolute Gasteiger partial charge is 0.464 e. The molecule has 154 valence electrons. The van der Waals surface area contributed by atoms with E-state index in [4.69, 9.17) is 9.47 Å². The average Bonchev–Trinajstić information content (AvgIpc) is 2.50. The van der Waals surface area contributed by atoms with Gasteiger partial charge in [0.25, 0.3) is 10.1 Å². The lowest BCUT2D eigenvalue weighted by Crippen LogP contribution is -2.39. The maximum absolute atomic E-state index is 12.1. The lowest BCUT2D eigenvalue weighted by Gasteiger charge is -2.23. The van der Waals surface area contributed by atoms with Crippen LogP contribution in [-0.4, -0.2) is 75.5 Å². The second-order valence-electron chi connectivity index (χ2n) is 7.49. The summed E-state index contributed by atoms with van der Waals surface area (Å²) in [6.07, 6.45) is 2.88. The van der Waals surface area contributed by atoms with Crippen molar-refractivity contribution in [1.29, 1.82) is 0 Å². The van der Waals surface area contributed by atoms with E-state index in [1.165, 1.54) is 0 Å². The van der Waals surface area contributed by atoms with Gasteiger partial charge in [-0.1, -0.05) is 33.1 Å². The van der Waals surface area contributed by atoms with Crippen molar-refractivity contribution in [2.45, 2.75) is 51.2 Å². The summed E-state index contributed by atoms with van der Waals surface area (Å²) in [5.74, 6) is -1.86. The summed E-state index contributed by atoms with van der Waals surface area (Å²) in [5.41, 5.74) is 0. The van der Waals surface area contributed by atoms with Gasteiger partial charge < -0.3 is 14.0 Å². The number of ether oxygens (including phenoxy) is 2. The van der Waals surface area contributed by atoms with Crippen LogP contribution in [0.15, 0.2) is 0 Å². The van der Waals surface area contributed by atoms with Crippen LogP contribution in [0.3, 0.4) is 0 Å². The van der Waals surface area contributed by atoms with Crippen molar-refractivity contribution >= 4 is 22.1 Å². The van der Waals surface area contributed by atoms with E-state index in [0.717, 1.165) is 25.7 Å². The minimum absolute atomic E-state index is 0.0674. The molecular weight excluding hydrogens is 362 g/mol. The lowest BCUT2D eigenvalue weighted by atomic mass is 10.0. The van der Waals surface area contributed by atoms with Crippen LogP contribution < -0.4 is 0 Å². The minimum atomic E-state index is -4.76. The zero-order valence-corrected chi connectivity index (χ0v) is 17.4. The highest BCUT2D eigenvalue weighted by Gasteiger charge is 2.36. The summed E-state index contributed by atoms with van der Waals surface area (Å²) >= 11 is 0. The molecule has 0 aromatic carbocycles. The van der Waals surface area contributed by atoms with Crippen molar-refractivity contribution in [2.24, 2.45) is 5.92 Å². The fourth-order valence-electron chi connectivity index (χ4n) is 2.14. The topological polar surface area (TPSA) is 107 Å². The summed E-state index contributed by atoms with van der Waals surface area (Å²) in [5, 5.41) is -1.96. The van der Waals surface area contributed by atoms with Crippen molar-refractivity contribution in [3.05, 3.63) is 0 Å². The lowest BCUT2D eigenvalue weighted by molar-refractivity contribution is -0.870. The van der Waals surface area contributed by atoms with E-state index < -0.39 is 33.7 Å². The fourth-order valence-corrected chi connectivity index (χ4v) is 2.80. The summed E-state index contributed by atoms with van der Waals surface area (Å²) in [6.45, 7) is 4.70. The van der Waals surface area contributed by atoms with Gasteiger partial charge >= 0.3 is 11.9 Å². The van der Waals surface area contributed by atoms with Crippen LogP contribution in [0.5, 0.6) is 0 Å². The monoisotopic (exact) mass is 396 g/mol. The first-order valence-electron chi connectivity index (χ1n) is 8.99. The molecule has 0 aromatic heterocycles. The van der Waals surface area contributed by atoms with Crippen molar-refractivity contribution in [3.63, 3.8) is 0 Å². The number of esters is 2. The Morgan fingerprint density at radius 2 is 1.73 bits per heavy atom. The molecule has 0 saturated carbocycles. The highest BCUT2D eigenvalue weighted by molar-refractivity contribution is 7.87. The number of likely N-dealkylation sites (N-methyl/N-ethyl adjacent to an activating group) is 1. The number of hydrogen-bond acceptors (Lipinski definition) is 6. The molecule has 0 aliphatic carbocycles. The quantitative estimate of drug-likeness (QED) is 0.286. The van der Waals surface area contributed by atoms with Gasteiger partial charge in [-0.05, 0) is 12.3 Å². The van der Waals surface area contributed by atoms with Crippen LogP contribution in [0.2, 0.25) is 0 Å². The predicted octanol–water partition coefficient (Wildman–Crippen LogP) is 1.64. The second kappa shape index (κ2) is 11.5. The van der Waals surface area contributed by atoms with E-state index in [0.29, 0.717) is 11.0 Å². The van der Waals surface area contributed by atoms with Crippen LogP contribution >= 0.6 is 0 Å². The third kappa shape index (κ3) is 11.4. The van der Waals surface area contributed by atoms with Crippen LogP contribution in [0, 0.1) is 5.92 Å². The zero-order chi connectivity index (χ0) is 20.4. The molecule has 0 radical (unpaired) electrons. The summed E-state index contributed by atoms with van der Waals surface area (Å²) in [6, 6.07) is 0. The Hall–Kier alpha value is -1.19. The Labute approximate surface area is 157 Å². The fraction of sp³-hybridized carbons (Fsp3) is 0.882. The van der Waals surface area contributed by atoms with Gasteiger partial charge in [-0.25, -0.2) is 0 Å². The number of rotatable bonds is 13. The van der Waals surface area contributed by atoms with Crippen LogP contribution in [0.1, 0.15) is 46.0 Å². The van der Waals surface area contributed by atoms with Crippen molar-refractivity contribution in [2.75, 3.05) is 40.9 Å². The third-order valence-electron chi connectivity index (χ3n) is 4.00. The number of carbonyl (C=O) groups excluding carboxylic acids is 2. The van der Waals surface area contributed by atoms with E-state index in [1.54, 1.807) is 0 Å². The number of carbonyl (C=O) groups is 2. The average molecular weight is 397 g/mol. The maximum atomic E-state index is 12.1. The Bertz CT molecular complexity index is 540. The Morgan fingerprint density at radius 1 is 1.12 bits per heavy atom. The SMILES string of the molecule is CCCCC(CC)COC(=O)C(CC(=O)OCC[N+](C)(C)C)S(=O)(=O)O. The molecule has 0 aliphatic heterocycles. The van der Waals surface area contributed by atoms with Crippen LogP contribution in [0.25, 0.3) is 0 Å². The maximum Gasteiger partial charge on any atom is 0.327 e. The molecule has 8 nitrogen and oxygen atoms in total. The Balaban J connectivity index is 4.69. The van der Waals surface area contributed by atoms with Crippen molar-refractivity contribution in [1.82, 2.24) is 0 Å². The van der Waals surface area contributed by atoms with Gasteiger partial charge in [0.2, 0.25) is 0 Å². The smallest absolute Gasteiger partial charge is 0.327 e. The molecule has 0 heterocycles. The molecule has 9 heteroatoms. The normalized spacial score (nSPS) is 14.5. The van der Waals surface area contributed by atoms with Crippen molar-refractivity contribution < 1.29 is 36.5 Å². The highest BCUT2D eigenvalue weighted by Crippen LogP contribution is 2.15. The zero-order valence-electron chi connectivity index (χ0n) is 16.6. The molecule has 0 spiro atoms. The second-order valence-corrected chi connectivity index (χ2v) is 9.09. The summed E-state index contributed by atoms with van der Waals surface area (Å²) < 4.78 is 42.8. The van der Waals surface area contributed by atoms with E-state index in [9.17, 15) is 22.6 Å². The van der Waals surface area contributed by atoms with E-state index >= 15 is 0 Å². The molecule has 0 fully saturated rings. The van der Waals surface area contributed by atoms with E-state index in [-0.39, 0.29) is 19.1 Å². The van der Waals surface area contributed by atoms with Crippen LogP contribution in [-0.2, 0) is 29.2 Å². The summed E-state index contributed by atoms with van der Waals surface area (Å²) in [7, 11) is 0.971. The van der Waals surface area contributed by atoms with Crippen molar-refractivity contribution in [3.8, 4) is 0 Å². The molecular formula is C17H34NO7S+. The predicted molar refractivity (Wildman–Crippen MR) is 98.1 cm³/mol. The standard InChI is InChI=1S/C17H33NO7S/c1-6-8-9-14(7-2)13-25-17(20)15(26(21,22)23)12-16(19)24-11-10-18(3,4)5/h14-15H,6-13H2,1-5H3/p+1. The van der Waals surface area contributed by atoms with Gasteiger partial charge in [0.1, 0.15) is 13.2 Å².